The van der Waals surface area contributed by atoms with Gasteiger partial charge in [-0.1, -0.05) is 27.7 Å². The van der Waals surface area contributed by atoms with Crippen LogP contribution in [0.4, 0.5) is 10.1 Å². The lowest BCUT2D eigenvalue weighted by molar-refractivity contribution is 0.0668. The van der Waals surface area contributed by atoms with Crippen molar-refractivity contribution in [1.29, 1.82) is 0 Å². The molecule has 0 fully saturated rings. The van der Waals surface area contributed by atoms with Gasteiger partial charge < -0.3 is 10.4 Å². The normalized spacial score (nSPS) is 13.3. The summed E-state index contributed by atoms with van der Waals surface area (Å²) in [4.78, 5) is 12.2. The highest BCUT2D eigenvalue weighted by molar-refractivity contribution is 6.47. The molecular weight excluding hydrogens is 280 g/mol. The van der Waals surface area contributed by atoms with E-state index >= 15 is 0 Å². The second kappa shape index (κ2) is 7.27. The fraction of sp³-hybridized carbons (Fsp3) is 0.588. The zero-order chi connectivity index (χ0) is 17.1. The maximum atomic E-state index is 14.3. The van der Waals surface area contributed by atoms with Crippen LogP contribution in [0.25, 0.3) is 0 Å². The van der Waals surface area contributed by atoms with Crippen LogP contribution in [0.1, 0.15) is 58.3 Å². The van der Waals surface area contributed by atoms with Crippen LogP contribution in [-0.4, -0.2) is 18.9 Å². The van der Waals surface area contributed by atoms with Crippen molar-refractivity contribution >= 4 is 24.4 Å². The van der Waals surface area contributed by atoms with E-state index in [1.54, 1.807) is 13.0 Å². The smallest absolute Gasteiger partial charge is 0.330 e. The SMILES string of the molecule is CCC(C)C(=O)c1c(N)cc([B]OC(C)(C)C(C)C)cc1F. The van der Waals surface area contributed by atoms with E-state index in [9.17, 15) is 9.18 Å². The summed E-state index contributed by atoms with van der Waals surface area (Å²) in [6.07, 6.45) is 0.650. The predicted molar refractivity (Wildman–Crippen MR) is 90.0 cm³/mol. The third kappa shape index (κ3) is 4.32. The van der Waals surface area contributed by atoms with Crippen LogP contribution < -0.4 is 11.2 Å². The number of nitrogens with two attached hydrogens (primary N) is 1. The number of halogens is 1. The molecule has 5 heteroatoms. The zero-order valence-corrected chi connectivity index (χ0v) is 14.4. The van der Waals surface area contributed by atoms with Gasteiger partial charge in [0.2, 0.25) is 0 Å². The summed E-state index contributed by atoms with van der Waals surface area (Å²) >= 11 is 0. The summed E-state index contributed by atoms with van der Waals surface area (Å²) < 4.78 is 20.0. The molecular formula is C17H26BFNO2. The van der Waals surface area contributed by atoms with Crippen molar-refractivity contribution in [1.82, 2.24) is 0 Å². The second-order valence-electron chi connectivity index (χ2n) is 6.63. The van der Waals surface area contributed by atoms with Crippen molar-refractivity contribution in [3.8, 4) is 0 Å². The number of ketones is 1. The largest absolute Gasteiger partial charge is 0.429 e. The van der Waals surface area contributed by atoms with Crippen molar-refractivity contribution < 1.29 is 13.8 Å². The molecule has 1 aromatic rings. The van der Waals surface area contributed by atoms with E-state index in [0.717, 1.165) is 0 Å². The van der Waals surface area contributed by atoms with Gasteiger partial charge in [0.25, 0.3) is 0 Å². The average Bonchev–Trinajstić information content (AvgIpc) is 2.43. The molecule has 1 atom stereocenters. The maximum absolute atomic E-state index is 14.3. The molecule has 0 heterocycles. The Labute approximate surface area is 133 Å². The molecule has 22 heavy (non-hydrogen) atoms. The van der Waals surface area contributed by atoms with Gasteiger partial charge in [-0.2, -0.15) is 0 Å². The number of nitrogen functional groups attached to an aromatic ring is 1. The predicted octanol–water partition coefficient (Wildman–Crippen LogP) is 3.33. The first-order chi connectivity index (χ1) is 10.1. The molecule has 0 bridgehead atoms. The first-order valence-electron chi connectivity index (χ1n) is 7.74. The molecule has 1 aromatic carbocycles. The minimum Gasteiger partial charge on any atom is -0.429 e. The molecule has 0 aliphatic rings. The summed E-state index contributed by atoms with van der Waals surface area (Å²) in [5.41, 5.74) is 6.17. The number of benzene rings is 1. The van der Waals surface area contributed by atoms with Crippen molar-refractivity contribution in [3.63, 3.8) is 0 Å². The van der Waals surface area contributed by atoms with Gasteiger partial charge in [-0.05, 0) is 43.8 Å². The minimum absolute atomic E-state index is 0.0189. The van der Waals surface area contributed by atoms with Gasteiger partial charge in [0.1, 0.15) is 5.82 Å². The topological polar surface area (TPSA) is 52.3 Å². The lowest BCUT2D eigenvalue weighted by Crippen LogP contribution is -2.36. The van der Waals surface area contributed by atoms with E-state index in [1.165, 1.54) is 13.5 Å². The Morgan fingerprint density at radius 1 is 1.36 bits per heavy atom. The Bertz CT molecular complexity index is 520. The number of rotatable bonds is 7. The van der Waals surface area contributed by atoms with Crippen molar-refractivity contribution in [2.45, 2.75) is 53.6 Å². The molecule has 0 saturated heterocycles. The molecule has 121 valence electrons. The van der Waals surface area contributed by atoms with E-state index in [-0.39, 0.29) is 28.6 Å². The molecule has 1 radical (unpaired) electrons. The molecule has 1 rings (SSSR count). The summed E-state index contributed by atoms with van der Waals surface area (Å²) in [6, 6.07) is 2.87. The lowest BCUT2D eigenvalue weighted by Gasteiger charge is -2.30. The lowest BCUT2D eigenvalue weighted by atomic mass is 9.82. The van der Waals surface area contributed by atoms with Gasteiger partial charge in [0, 0.05) is 17.2 Å². The fourth-order valence-corrected chi connectivity index (χ4v) is 1.77. The van der Waals surface area contributed by atoms with Gasteiger partial charge >= 0.3 is 7.48 Å². The molecule has 3 nitrogen and oxygen atoms in total. The monoisotopic (exact) mass is 306 g/mol. The van der Waals surface area contributed by atoms with Crippen LogP contribution in [0, 0.1) is 17.7 Å². The first kappa shape index (κ1) is 18.7. The molecule has 1 unspecified atom stereocenters. The molecule has 0 amide bonds. The first-order valence-corrected chi connectivity index (χ1v) is 7.74. The molecule has 0 spiro atoms. The van der Waals surface area contributed by atoms with Crippen molar-refractivity contribution in [2.75, 3.05) is 5.73 Å². The van der Waals surface area contributed by atoms with Gasteiger partial charge in [-0.3, -0.25) is 4.79 Å². The Hall–Kier alpha value is -1.36. The summed E-state index contributed by atoms with van der Waals surface area (Å²) in [5, 5.41) is 0. The Kier molecular flexibility index (Phi) is 6.18. The Morgan fingerprint density at radius 3 is 2.41 bits per heavy atom. The summed E-state index contributed by atoms with van der Waals surface area (Å²) in [7, 11) is 1.50. The molecule has 0 aliphatic heterocycles. The third-order valence-corrected chi connectivity index (χ3v) is 4.34. The van der Waals surface area contributed by atoms with Gasteiger partial charge in [-0.25, -0.2) is 4.39 Å². The van der Waals surface area contributed by atoms with E-state index in [2.05, 4.69) is 13.8 Å². The number of Topliss-reactive ketones (excluding diaryl/α,β-unsaturated/α-hetero) is 1. The molecule has 0 saturated carbocycles. The summed E-state index contributed by atoms with van der Waals surface area (Å²) in [6.45, 7) is 11.7. The fourth-order valence-electron chi connectivity index (χ4n) is 1.77. The highest BCUT2D eigenvalue weighted by Gasteiger charge is 2.25. The van der Waals surface area contributed by atoms with Crippen LogP contribution >= 0.6 is 0 Å². The van der Waals surface area contributed by atoms with E-state index in [1.807, 2.05) is 20.8 Å². The van der Waals surface area contributed by atoms with Crippen molar-refractivity contribution in [3.05, 3.63) is 23.5 Å². The van der Waals surface area contributed by atoms with E-state index in [4.69, 9.17) is 10.4 Å². The highest BCUT2D eigenvalue weighted by atomic mass is 19.1. The number of carbonyl (C=O) groups is 1. The van der Waals surface area contributed by atoms with Gasteiger partial charge in [0.15, 0.2) is 5.78 Å². The van der Waals surface area contributed by atoms with Gasteiger partial charge in [-0.15, -0.1) is 0 Å². The Balaban J connectivity index is 2.97. The second-order valence-corrected chi connectivity index (χ2v) is 6.63. The quantitative estimate of drug-likeness (QED) is 0.477. The van der Waals surface area contributed by atoms with Crippen LogP contribution in [0.2, 0.25) is 0 Å². The maximum Gasteiger partial charge on any atom is 0.330 e. The van der Waals surface area contributed by atoms with Crippen LogP contribution in [0.3, 0.4) is 0 Å². The summed E-state index contributed by atoms with van der Waals surface area (Å²) in [5.74, 6) is -0.796. The standard InChI is InChI=1S/C17H26BFNO2/c1-7-11(4)16(21)15-13(19)8-12(9-14(15)20)18-22-17(5,6)10(2)3/h8-11H,7,20H2,1-6H3. The Morgan fingerprint density at radius 2 is 1.95 bits per heavy atom. The van der Waals surface area contributed by atoms with E-state index < -0.39 is 5.82 Å². The van der Waals surface area contributed by atoms with E-state index in [0.29, 0.717) is 17.8 Å². The molecule has 0 aromatic heterocycles. The highest BCUT2D eigenvalue weighted by Crippen LogP contribution is 2.22. The number of anilines is 1. The van der Waals surface area contributed by atoms with Crippen molar-refractivity contribution in [2.24, 2.45) is 11.8 Å². The number of hydrogen-bond donors (Lipinski definition) is 1. The number of hydrogen-bond acceptors (Lipinski definition) is 3. The third-order valence-electron chi connectivity index (χ3n) is 4.34. The molecule has 2 N–H and O–H groups in total. The minimum atomic E-state index is -0.595. The van der Waals surface area contributed by atoms with Crippen LogP contribution in [0.5, 0.6) is 0 Å². The zero-order valence-electron chi connectivity index (χ0n) is 14.4. The average molecular weight is 306 g/mol. The molecule has 0 aliphatic carbocycles. The van der Waals surface area contributed by atoms with Gasteiger partial charge in [0.05, 0.1) is 5.56 Å². The van der Waals surface area contributed by atoms with Crippen LogP contribution in [0.15, 0.2) is 12.1 Å². The van der Waals surface area contributed by atoms with Crippen LogP contribution in [-0.2, 0) is 4.65 Å². The number of carbonyl (C=O) groups excluding carboxylic acids is 1.